The van der Waals surface area contributed by atoms with E-state index in [1.807, 2.05) is 0 Å². The number of hydrogen-bond acceptors (Lipinski definition) is 2. The van der Waals surface area contributed by atoms with E-state index >= 15 is 0 Å². The van der Waals surface area contributed by atoms with Gasteiger partial charge in [-0.3, -0.25) is 4.79 Å². The molecule has 0 radical (unpaired) electrons. The highest BCUT2D eigenvalue weighted by Gasteiger charge is 2.31. The fraction of sp³-hybridized carbons (Fsp3) is 0.833. The summed E-state index contributed by atoms with van der Waals surface area (Å²) in [6.45, 7) is 3.04. The van der Waals surface area contributed by atoms with Crippen molar-refractivity contribution in [3.8, 4) is 0 Å². The summed E-state index contributed by atoms with van der Waals surface area (Å²) in [5.74, 6) is -1.09. The Hall–Kier alpha value is -1.06. The first-order chi connectivity index (χ1) is 7.43. The third-order valence-electron chi connectivity index (χ3n) is 3.20. The maximum absolute atomic E-state index is 11.9. The zero-order chi connectivity index (χ0) is 12.2. The van der Waals surface area contributed by atoms with E-state index in [4.69, 9.17) is 5.11 Å². The molecule has 0 spiro atoms. The van der Waals surface area contributed by atoms with Gasteiger partial charge < -0.3 is 10.4 Å². The second-order valence-corrected chi connectivity index (χ2v) is 5.11. The molecule has 4 heteroatoms. The Bertz CT molecular complexity index is 265. The molecule has 0 atom stereocenters. The molecule has 0 heterocycles. The molecular weight excluding hydrogens is 206 g/mol. The minimum Gasteiger partial charge on any atom is -0.480 e. The van der Waals surface area contributed by atoms with E-state index in [-0.39, 0.29) is 11.8 Å². The van der Waals surface area contributed by atoms with Crippen molar-refractivity contribution in [2.45, 2.75) is 57.9 Å². The molecule has 0 aliphatic heterocycles. The van der Waals surface area contributed by atoms with Crippen molar-refractivity contribution in [3.63, 3.8) is 0 Å². The van der Waals surface area contributed by atoms with Gasteiger partial charge in [-0.25, -0.2) is 4.79 Å². The molecule has 0 unspecified atom stereocenters. The van der Waals surface area contributed by atoms with Crippen LogP contribution in [0.4, 0.5) is 0 Å². The number of carboxylic acids is 1. The Kier molecular flexibility index (Phi) is 4.33. The first-order valence-electron chi connectivity index (χ1n) is 5.99. The van der Waals surface area contributed by atoms with E-state index in [0.29, 0.717) is 0 Å². The van der Waals surface area contributed by atoms with Crippen molar-refractivity contribution in [2.75, 3.05) is 0 Å². The first-order valence-corrected chi connectivity index (χ1v) is 5.99. The Morgan fingerprint density at radius 3 is 2.06 bits per heavy atom. The topological polar surface area (TPSA) is 66.4 Å². The number of carbonyl (C=O) groups excluding carboxylic acids is 1. The number of amides is 1. The van der Waals surface area contributed by atoms with E-state index in [1.54, 1.807) is 0 Å². The molecule has 0 aromatic heterocycles. The normalized spacial score (nSPS) is 18.9. The average Bonchev–Trinajstić information content (AvgIpc) is 2.44. The van der Waals surface area contributed by atoms with Crippen molar-refractivity contribution >= 4 is 11.9 Å². The third-order valence-corrected chi connectivity index (χ3v) is 3.20. The van der Waals surface area contributed by atoms with Gasteiger partial charge in [0.1, 0.15) is 5.54 Å². The summed E-state index contributed by atoms with van der Waals surface area (Å²) in [4.78, 5) is 22.8. The summed E-state index contributed by atoms with van der Waals surface area (Å²) in [7, 11) is 0. The lowest BCUT2D eigenvalue weighted by Crippen LogP contribution is -2.51. The maximum atomic E-state index is 11.9. The van der Waals surface area contributed by atoms with Crippen LogP contribution in [0.1, 0.15) is 52.4 Å². The molecule has 4 nitrogen and oxygen atoms in total. The molecule has 1 amide bonds. The predicted octanol–water partition coefficient (Wildman–Crippen LogP) is 1.94. The molecule has 92 valence electrons. The predicted molar refractivity (Wildman–Crippen MR) is 61.0 cm³/mol. The van der Waals surface area contributed by atoms with Crippen molar-refractivity contribution in [1.29, 1.82) is 0 Å². The summed E-state index contributed by atoms with van der Waals surface area (Å²) < 4.78 is 0. The smallest absolute Gasteiger partial charge is 0.328 e. The van der Waals surface area contributed by atoms with Gasteiger partial charge in [-0.15, -0.1) is 0 Å². The Labute approximate surface area is 96.4 Å². The van der Waals surface area contributed by atoms with Crippen molar-refractivity contribution in [3.05, 3.63) is 0 Å². The summed E-state index contributed by atoms with van der Waals surface area (Å²) in [6, 6.07) is 0. The van der Waals surface area contributed by atoms with Gasteiger partial charge in [-0.2, -0.15) is 0 Å². The van der Waals surface area contributed by atoms with Crippen LogP contribution >= 0.6 is 0 Å². The third kappa shape index (κ3) is 3.51. The zero-order valence-corrected chi connectivity index (χ0v) is 10.1. The fourth-order valence-electron chi connectivity index (χ4n) is 2.01. The first kappa shape index (κ1) is 13.0. The molecule has 1 saturated carbocycles. The van der Waals surface area contributed by atoms with E-state index in [0.717, 1.165) is 25.7 Å². The Morgan fingerprint density at radius 1 is 1.12 bits per heavy atom. The maximum Gasteiger partial charge on any atom is 0.328 e. The standard InChI is InChI=1S/C12H21NO3/c1-12(2,11(15)16)13-10(14)9-7-5-3-4-6-8-9/h9H,3-8H2,1-2H3,(H,13,14)(H,15,16). The van der Waals surface area contributed by atoms with E-state index in [2.05, 4.69) is 5.32 Å². The summed E-state index contributed by atoms with van der Waals surface area (Å²) in [6.07, 6.45) is 6.30. The molecule has 1 aliphatic rings. The largest absolute Gasteiger partial charge is 0.480 e. The summed E-state index contributed by atoms with van der Waals surface area (Å²) in [5.41, 5.74) is -1.16. The molecule has 0 saturated heterocycles. The van der Waals surface area contributed by atoms with Crippen molar-refractivity contribution < 1.29 is 14.7 Å². The molecule has 0 aromatic carbocycles. The SMILES string of the molecule is CC(C)(NC(=O)C1CCCCCC1)C(=O)O. The molecule has 1 aliphatic carbocycles. The van der Waals surface area contributed by atoms with Gasteiger partial charge in [0.15, 0.2) is 0 Å². The molecule has 2 N–H and O–H groups in total. The second kappa shape index (κ2) is 5.32. The number of carbonyl (C=O) groups is 2. The molecule has 16 heavy (non-hydrogen) atoms. The van der Waals surface area contributed by atoms with Crippen LogP contribution in [0.3, 0.4) is 0 Å². The van der Waals surface area contributed by atoms with Gasteiger partial charge in [0.05, 0.1) is 0 Å². The summed E-state index contributed by atoms with van der Waals surface area (Å²) in [5, 5.41) is 11.5. The lowest BCUT2D eigenvalue weighted by Gasteiger charge is -2.24. The minimum atomic E-state index is -1.16. The van der Waals surface area contributed by atoms with Crippen LogP contribution in [0.5, 0.6) is 0 Å². The van der Waals surface area contributed by atoms with E-state index < -0.39 is 11.5 Å². The minimum absolute atomic E-state index is 0.00104. The molecular formula is C12H21NO3. The molecule has 0 bridgehead atoms. The highest BCUT2D eigenvalue weighted by atomic mass is 16.4. The number of nitrogens with one attached hydrogen (secondary N) is 1. The molecule has 0 aromatic rings. The number of carboxylic acid groups (broad SMARTS) is 1. The lowest BCUT2D eigenvalue weighted by atomic mass is 9.97. The lowest BCUT2D eigenvalue weighted by molar-refractivity contribution is -0.146. The van der Waals surface area contributed by atoms with Crippen LogP contribution < -0.4 is 5.32 Å². The van der Waals surface area contributed by atoms with Gasteiger partial charge in [-0.05, 0) is 26.7 Å². The highest BCUT2D eigenvalue weighted by Crippen LogP contribution is 2.23. The zero-order valence-electron chi connectivity index (χ0n) is 10.1. The summed E-state index contributed by atoms with van der Waals surface area (Å²) >= 11 is 0. The number of rotatable bonds is 3. The number of aliphatic carboxylic acids is 1. The van der Waals surface area contributed by atoms with Gasteiger partial charge in [0.2, 0.25) is 5.91 Å². The average molecular weight is 227 g/mol. The van der Waals surface area contributed by atoms with E-state index in [9.17, 15) is 9.59 Å². The van der Waals surface area contributed by atoms with Gasteiger partial charge in [0.25, 0.3) is 0 Å². The molecule has 1 fully saturated rings. The fourth-order valence-corrected chi connectivity index (χ4v) is 2.01. The van der Waals surface area contributed by atoms with Crippen LogP contribution in [0, 0.1) is 5.92 Å². The monoisotopic (exact) mass is 227 g/mol. The van der Waals surface area contributed by atoms with Crippen LogP contribution in [-0.2, 0) is 9.59 Å². The van der Waals surface area contributed by atoms with Crippen LogP contribution in [0.15, 0.2) is 0 Å². The van der Waals surface area contributed by atoms with Crippen LogP contribution in [0.2, 0.25) is 0 Å². The second-order valence-electron chi connectivity index (χ2n) is 5.11. The Morgan fingerprint density at radius 2 is 1.62 bits per heavy atom. The highest BCUT2D eigenvalue weighted by molar-refractivity contribution is 5.87. The van der Waals surface area contributed by atoms with Gasteiger partial charge in [-0.1, -0.05) is 25.7 Å². The molecule has 1 rings (SSSR count). The van der Waals surface area contributed by atoms with Gasteiger partial charge >= 0.3 is 5.97 Å². The van der Waals surface area contributed by atoms with Crippen LogP contribution in [-0.4, -0.2) is 22.5 Å². The Balaban J connectivity index is 2.53. The quantitative estimate of drug-likeness (QED) is 0.724. The van der Waals surface area contributed by atoms with Crippen molar-refractivity contribution in [2.24, 2.45) is 5.92 Å². The number of hydrogen-bond donors (Lipinski definition) is 2. The van der Waals surface area contributed by atoms with Crippen molar-refractivity contribution in [1.82, 2.24) is 5.32 Å². The van der Waals surface area contributed by atoms with Gasteiger partial charge in [0, 0.05) is 5.92 Å². The van der Waals surface area contributed by atoms with Crippen LogP contribution in [0.25, 0.3) is 0 Å². The van der Waals surface area contributed by atoms with E-state index in [1.165, 1.54) is 26.7 Å².